The van der Waals surface area contributed by atoms with Gasteiger partial charge < -0.3 is 26.0 Å². The molecule has 6 rings (SSSR count). The highest BCUT2D eigenvalue weighted by molar-refractivity contribution is 6.34. The molecule has 4 aromatic rings. The Kier molecular flexibility index (Phi) is 7.70. The summed E-state index contributed by atoms with van der Waals surface area (Å²) in [5.74, 6) is -0.206. The van der Waals surface area contributed by atoms with E-state index < -0.39 is 24.0 Å². The number of carbonyl (C=O) groups is 2. The number of benzene rings is 1. The third-order valence-corrected chi connectivity index (χ3v) is 7.88. The first kappa shape index (κ1) is 28.9. The minimum Gasteiger partial charge on any atom is -0.392 e. The fraction of sp³-hybridized carbons (Fsp3) is 0.370. The van der Waals surface area contributed by atoms with Crippen molar-refractivity contribution >= 4 is 40.6 Å². The number of aromatic nitrogens is 5. The zero-order chi connectivity index (χ0) is 30.3. The molecule has 226 valence electrons. The van der Waals surface area contributed by atoms with Crippen LogP contribution in [0.4, 0.5) is 24.7 Å². The number of imidazole rings is 1. The third-order valence-electron chi connectivity index (χ3n) is 7.56. The molecule has 0 bridgehead atoms. The highest BCUT2D eigenvalue weighted by Crippen LogP contribution is 2.36. The molecule has 3 atom stereocenters. The molecule has 0 spiro atoms. The summed E-state index contributed by atoms with van der Waals surface area (Å²) in [7, 11) is 0. The number of halogens is 4. The Morgan fingerprint density at radius 2 is 2.05 bits per heavy atom. The lowest BCUT2D eigenvalue weighted by atomic mass is 10.0. The van der Waals surface area contributed by atoms with Crippen LogP contribution in [0.5, 0.6) is 0 Å². The first-order chi connectivity index (χ1) is 20.6. The highest BCUT2D eigenvalue weighted by atomic mass is 35.5. The average molecular weight is 618 g/mol. The lowest BCUT2D eigenvalue weighted by molar-refractivity contribution is -0.140. The van der Waals surface area contributed by atoms with Crippen LogP contribution in [0.25, 0.3) is 16.9 Å². The van der Waals surface area contributed by atoms with Gasteiger partial charge in [-0.05, 0) is 37.5 Å². The van der Waals surface area contributed by atoms with E-state index in [9.17, 15) is 27.9 Å². The Hall–Kier alpha value is -4.21. The van der Waals surface area contributed by atoms with Gasteiger partial charge in [-0.25, -0.2) is 9.97 Å². The molecular weight excluding hydrogens is 591 g/mol. The number of rotatable bonds is 6. The maximum absolute atomic E-state index is 13.4. The van der Waals surface area contributed by atoms with Gasteiger partial charge in [0, 0.05) is 50.0 Å². The predicted octanol–water partition coefficient (Wildman–Crippen LogP) is 2.98. The number of aliphatic hydroxyl groups is 1. The van der Waals surface area contributed by atoms with Crippen LogP contribution >= 0.6 is 11.6 Å². The molecule has 0 saturated carbocycles. The van der Waals surface area contributed by atoms with Gasteiger partial charge >= 0.3 is 6.18 Å². The normalized spacial score (nSPS) is 20.9. The van der Waals surface area contributed by atoms with Crippen LogP contribution in [0.1, 0.15) is 35.3 Å². The van der Waals surface area contributed by atoms with Crippen molar-refractivity contribution in [1.29, 1.82) is 0 Å². The van der Waals surface area contributed by atoms with Crippen molar-refractivity contribution in [2.24, 2.45) is 0 Å². The smallest absolute Gasteiger partial charge is 0.392 e. The van der Waals surface area contributed by atoms with E-state index in [4.69, 9.17) is 11.6 Å². The van der Waals surface area contributed by atoms with Gasteiger partial charge in [0.1, 0.15) is 0 Å². The number of anilines is 2. The molecular formula is C27H27ClF3N9O3. The monoisotopic (exact) mass is 617 g/mol. The van der Waals surface area contributed by atoms with Crippen molar-refractivity contribution in [2.45, 2.75) is 43.6 Å². The largest absolute Gasteiger partial charge is 0.435 e. The number of alkyl halides is 3. The number of nitrogens with zero attached hydrogens (tertiary/aromatic N) is 5. The second-order valence-corrected chi connectivity index (χ2v) is 10.9. The first-order valence-corrected chi connectivity index (χ1v) is 14.0. The van der Waals surface area contributed by atoms with E-state index >= 15 is 0 Å². The number of amides is 2. The number of β-amino-alcohol motifs (C(OH)–C–C–N with tert-alkyl or cyclic N) is 1. The number of H-pyrrole nitrogens is 1. The predicted molar refractivity (Wildman–Crippen MR) is 150 cm³/mol. The van der Waals surface area contributed by atoms with E-state index in [1.165, 1.54) is 29.1 Å². The third kappa shape index (κ3) is 5.87. The number of aromatic amines is 1. The minimum absolute atomic E-state index is 0.0808. The summed E-state index contributed by atoms with van der Waals surface area (Å²) in [6.07, 6.45) is 1.99. The summed E-state index contributed by atoms with van der Waals surface area (Å²) in [4.78, 5) is 36.2. The van der Waals surface area contributed by atoms with Gasteiger partial charge in [0.05, 0.1) is 40.2 Å². The summed E-state index contributed by atoms with van der Waals surface area (Å²) in [6, 6.07) is 4.04. The molecule has 0 aliphatic carbocycles. The summed E-state index contributed by atoms with van der Waals surface area (Å²) in [5, 5.41) is 24.6. The lowest BCUT2D eigenvalue weighted by Crippen LogP contribution is -2.53. The van der Waals surface area contributed by atoms with Crippen LogP contribution in [0.2, 0.25) is 5.02 Å². The Labute approximate surface area is 247 Å². The molecule has 3 aromatic heterocycles. The molecule has 5 heterocycles. The maximum atomic E-state index is 13.4. The molecule has 2 amide bonds. The first-order valence-electron chi connectivity index (χ1n) is 13.6. The van der Waals surface area contributed by atoms with E-state index in [1.807, 2.05) is 0 Å². The van der Waals surface area contributed by atoms with Crippen LogP contribution in [0, 0.1) is 0 Å². The molecule has 2 saturated heterocycles. The van der Waals surface area contributed by atoms with Crippen molar-refractivity contribution in [3.05, 3.63) is 59.3 Å². The number of hydrogen-bond acceptors (Lipinski definition) is 8. The maximum Gasteiger partial charge on any atom is 0.435 e. The second kappa shape index (κ2) is 11.5. The Bertz CT molecular complexity index is 1670. The van der Waals surface area contributed by atoms with E-state index in [2.05, 4.69) is 36.1 Å². The zero-order valence-electron chi connectivity index (χ0n) is 22.5. The van der Waals surface area contributed by atoms with Crippen molar-refractivity contribution in [2.75, 3.05) is 25.0 Å². The van der Waals surface area contributed by atoms with Crippen LogP contribution in [-0.4, -0.2) is 84.2 Å². The molecule has 12 nitrogen and oxygen atoms in total. The topological polar surface area (TPSA) is 153 Å². The molecule has 43 heavy (non-hydrogen) atoms. The molecule has 2 fully saturated rings. The van der Waals surface area contributed by atoms with Crippen LogP contribution in [-0.2, 0) is 11.0 Å². The zero-order valence-corrected chi connectivity index (χ0v) is 23.3. The fourth-order valence-electron chi connectivity index (χ4n) is 5.51. The standard InChI is InChI=1S/C27H27ClF3N9O3/c28-19-8-14(36-23-24-34-12-21(40(24)7-5-32-23)18-11-35-38-22(18)27(29,30)31)3-4-17(19)25(42)37-15-2-1-6-39(13-15)26(43)20-9-16(41)10-33-20/h3-5,7-8,11-12,15-16,20,33,41H,1-2,6,9-10,13H2,(H,32,36)(H,35,38)(H,37,42)/t15?,16-,20+/m0/s1. The van der Waals surface area contributed by atoms with Crippen LogP contribution < -0.4 is 16.0 Å². The van der Waals surface area contributed by atoms with Gasteiger partial charge in [-0.3, -0.25) is 19.1 Å². The summed E-state index contributed by atoms with van der Waals surface area (Å²) >= 11 is 6.48. The van der Waals surface area contributed by atoms with Gasteiger partial charge in [0.15, 0.2) is 17.2 Å². The highest BCUT2D eigenvalue weighted by Gasteiger charge is 2.38. The number of hydrogen-bond donors (Lipinski definition) is 5. The number of piperidine rings is 1. The van der Waals surface area contributed by atoms with E-state index in [-0.39, 0.29) is 51.2 Å². The lowest BCUT2D eigenvalue weighted by Gasteiger charge is -2.34. The van der Waals surface area contributed by atoms with Crippen molar-refractivity contribution in [3.8, 4) is 11.3 Å². The van der Waals surface area contributed by atoms with Crippen LogP contribution in [0.15, 0.2) is 43.0 Å². The van der Waals surface area contributed by atoms with E-state index in [0.717, 1.165) is 12.6 Å². The Morgan fingerprint density at radius 3 is 2.79 bits per heavy atom. The Morgan fingerprint density at radius 1 is 1.21 bits per heavy atom. The SMILES string of the molecule is O=C(NC1CCCN(C(=O)[C@H]2C[C@H](O)CN2)C1)c1ccc(Nc2nccn3c(-c4c[nH]nc4C(F)(F)F)cnc23)cc1Cl. The molecule has 2 aliphatic heterocycles. The van der Waals surface area contributed by atoms with Crippen molar-refractivity contribution in [3.63, 3.8) is 0 Å². The minimum atomic E-state index is -4.65. The molecule has 16 heteroatoms. The van der Waals surface area contributed by atoms with Crippen LogP contribution in [0.3, 0.4) is 0 Å². The fourth-order valence-corrected chi connectivity index (χ4v) is 5.77. The molecule has 0 radical (unpaired) electrons. The quantitative estimate of drug-likeness (QED) is 0.221. The number of aliphatic hydroxyl groups excluding tert-OH is 1. The molecule has 5 N–H and O–H groups in total. The molecule has 1 unspecified atom stereocenters. The molecule has 2 aliphatic rings. The Balaban J connectivity index is 1.14. The number of fused-ring (bicyclic) bond motifs is 1. The van der Waals surface area contributed by atoms with Gasteiger partial charge in [-0.1, -0.05) is 11.6 Å². The van der Waals surface area contributed by atoms with Gasteiger partial charge in [-0.15, -0.1) is 0 Å². The number of carbonyl (C=O) groups excluding carboxylic acids is 2. The van der Waals surface area contributed by atoms with E-state index in [1.54, 1.807) is 17.0 Å². The van der Waals surface area contributed by atoms with Crippen molar-refractivity contribution < 1.29 is 27.9 Å². The molecule has 1 aromatic carbocycles. The van der Waals surface area contributed by atoms with Crippen molar-refractivity contribution in [1.82, 2.24) is 40.1 Å². The van der Waals surface area contributed by atoms with E-state index in [0.29, 0.717) is 38.2 Å². The summed E-state index contributed by atoms with van der Waals surface area (Å²) < 4.78 is 41.7. The van der Waals surface area contributed by atoms with Gasteiger partial charge in [0.25, 0.3) is 5.91 Å². The number of likely N-dealkylation sites (tertiary alicyclic amines) is 1. The summed E-state index contributed by atoms with van der Waals surface area (Å²) in [6.45, 7) is 1.34. The van der Waals surface area contributed by atoms with Gasteiger partial charge in [0.2, 0.25) is 5.91 Å². The number of nitrogens with one attached hydrogen (secondary N) is 4. The second-order valence-electron chi connectivity index (χ2n) is 10.5. The average Bonchev–Trinajstić information content (AvgIpc) is 3.72. The van der Waals surface area contributed by atoms with Gasteiger partial charge in [-0.2, -0.15) is 18.3 Å². The summed E-state index contributed by atoms with van der Waals surface area (Å²) in [5.41, 5.74) is -0.0542.